The van der Waals surface area contributed by atoms with E-state index in [4.69, 9.17) is 28.3 Å². The monoisotopic (exact) mass is 790 g/mol. The van der Waals surface area contributed by atoms with Gasteiger partial charge in [0.15, 0.2) is 11.6 Å². The van der Waals surface area contributed by atoms with Gasteiger partial charge in [-0.2, -0.15) is 5.10 Å². The van der Waals surface area contributed by atoms with Gasteiger partial charge in [0.1, 0.15) is 12.1 Å². The number of urea groups is 1. The Hall–Kier alpha value is -5.11. The van der Waals surface area contributed by atoms with Crippen LogP contribution in [0.25, 0.3) is 10.9 Å². The molecular weight excluding hydrogens is 749 g/mol. The lowest BCUT2D eigenvalue weighted by Crippen LogP contribution is -2.55. The van der Waals surface area contributed by atoms with Crippen molar-refractivity contribution in [1.29, 1.82) is 0 Å². The maximum absolute atomic E-state index is 14.3. The fourth-order valence-electron chi connectivity index (χ4n) is 6.59. The predicted molar refractivity (Wildman–Crippen MR) is 209 cm³/mol. The molecule has 0 saturated carbocycles. The molecule has 1 fully saturated rings. The lowest BCUT2D eigenvalue weighted by molar-refractivity contribution is -0.129. The van der Waals surface area contributed by atoms with Crippen LogP contribution in [0.4, 0.5) is 19.3 Å². The van der Waals surface area contributed by atoms with E-state index < -0.39 is 41.6 Å². The van der Waals surface area contributed by atoms with Gasteiger partial charge in [0.25, 0.3) is 0 Å². The van der Waals surface area contributed by atoms with Crippen LogP contribution in [0.1, 0.15) is 48.6 Å². The summed E-state index contributed by atoms with van der Waals surface area (Å²) in [5, 5.41) is 17.9. The zero-order chi connectivity index (χ0) is 38.9. The molecule has 2 atom stereocenters. The topological polar surface area (TPSA) is 133 Å². The third-order valence-corrected chi connectivity index (χ3v) is 10.2. The van der Waals surface area contributed by atoms with Crippen LogP contribution in [0.5, 0.6) is 0 Å². The number of benzene rings is 3. The van der Waals surface area contributed by atoms with Crippen molar-refractivity contribution < 1.29 is 23.2 Å². The van der Waals surface area contributed by atoms with E-state index in [2.05, 4.69) is 31.2 Å². The molecule has 0 bridgehead atoms. The first-order valence-corrected chi connectivity index (χ1v) is 19.0. The van der Waals surface area contributed by atoms with Crippen LogP contribution < -0.4 is 21.3 Å². The van der Waals surface area contributed by atoms with Gasteiger partial charge in [-0.3, -0.25) is 24.2 Å². The molecule has 3 aromatic carbocycles. The van der Waals surface area contributed by atoms with Crippen molar-refractivity contribution in [3.05, 3.63) is 123 Å². The molecular formula is C40H42Cl2F2N8O3. The summed E-state index contributed by atoms with van der Waals surface area (Å²) in [5.41, 5.74) is 3.74. The van der Waals surface area contributed by atoms with Gasteiger partial charge in [-0.05, 0) is 98.1 Å². The molecule has 6 rings (SSSR count). The van der Waals surface area contributed by atoms with Crippen molar-refractivity contribution in [2.24, 2.45) is 0 Å². The van der Waals surface area contributed by atoms with Crippen molar-refractivity contribution in [2.45, 2.75) is 64.2 Å². The summed E-state index contributed by atoms with van der Waals surface area (Å²) in [6.45, 7) is 5.22. The second-order valence-corrected chi connectivity index (χ2v) is 14.3. The number of aromatic nitrogens is 3. The molecule has 11 nitrogen and oxygen atoms in total. The molecule has 0 radical (unpaired) electrons. The summed E-state index contributed by atoms with van der Waals surface area (Å²) in [5.74, 6) is -3.24. The highest BCUT2D eigenvalue weighted by molar-refractivity contribution is 6.36. The van der Waals surface area contributed by atoms with Crippen LogP contribution in [0.15, 0.2) is 79.1 Å². The van der Waals surface area contributed by atoms with Gasteiger partial charge in [-0.25, -0.2) is 13.6 Å². The fraction of sp³-hybridized carbons (Fsp3) is 0.325. The Morgan fingerprint density at radius 2 is 1.53 bits per heavy atom. The minimum absolute atomic E-state index is 0.154. The van der Waals surface area contributed by atoms with Crippen molar-refractivity contribution in [2.75, 3.05) is 25.0 Å². The highest BCUT2D eigenvalue weighted by atomic mass is 35.5. The van der Waals surface area contributed by atoms with Gasteiger partial charge in [0.05, 0.1) is 17.8 Å². The van der Waals surface area contributed by atoms with E-state index in [1.807, 2.05) is 17.7 Å². The first-order valence-electron chi connectivity index (χ1n) is 18.2. The first kappa shape index (κ1) is 39.6. The van der Waals surface area contributed by atoms with Crippen LogP contribution in [0.3, 0.4) is 0 Å². The van der Waals surface area contributed by atoms with Crippen molar-refractivity contribution in [1.82, 2.24) is 35.6 Å². The summed E-state index contributed by atoms with van der Waals surface area (Å²) >= 11 is 13.1. The number of amides is 4. The minimum Gasteiger partial charge on any atom is -0.354 e. The van der Waals surface area contributed by atoms with Crippen molar-refractivity contribution >= 4 is 57.6 Å². The Morgan fingerprint density at radius 1 is 0.818 bits per heavy atom. The summed E-state index contributed by atoms with van der Waals surface area (Å²) in [7, 11) is 0. The maximum atomic E-state index is 14.3. The number of anilines is 1. The highest BCUT2D eigenvalue weighted by Crippen LogP contribution is 2.29. The van der Waals surface area contributed by atoms with Gasteiger partial charge in [-0.15, -0.1) is 0 Å². The lowest BCUT2D eigenvalue weighted by Gasteiger charge is -2.24. The summed E-state index contributed by atoms with van der Waals surface area (Å²) in [4.78, 5) is 47.1. The third-order valence-electron chi connectivity index (χ3n) is 9.44. The van der Waals surface area contributed by atoms with Crippen LogP contribution in [0, 0.1) is 11.6 Å². The Balaban J connectivity index is 1.25. The second-order valence-electron chi connectivity index (χ2n) is 13.5. The molecule has 0 unspecified atom stereocenters. The number of nitrogens with one attached hydrogen (secondary N) is 4. The van der Waals surface area contributed by atoms with E-state index in [0.29, 0.717) is 40.8 Å². The number of pyridine rings is 1. The Bertz CT molecular complexity index is 2130. The van der Waals surface area contributed by atoms with E-state index in [1.54, 1.807) is 54.9 Å². The van der Waals surface area contributed by atoms with E-state index in [-0.39, 0.29) is 24.9 Å². The largest absolute Gasteiger partial charge is 0.354 e. The van der Waals surface area contributed by atoms with E-state index >= 15 is 0 Å². The zero-order valence-electron chi connectivity index (χ0n) is 30.3. The zero-order valence-corrected chi connectivity index (χ0v) is 31.8. The molecule has 1 saturated heterocycles. The van der Waals surface area contributed by atoms with E-state index in [1.165, 1.54) is 6.07 Å². The van der Waals surface area contributed by atoms with Gasteiger partial charge in [0.2, 0.25) is 11.8 Å². The number of likely N-dealkylation sites (tertiary alicyclic amines) is 1. The normalized spacial score (nSPS) is 14.1. The Labute approximate surface area is 327 Å². The van der Waals surface area contributed by atoms with Gasteiger partial charge < -0.3 is 21.3 Å². The molecule has 0 aliphatic carbocycles. The molecule has 55 heavy (non-hydrogen) atoms. The predicted octanol–water partition coefficient (Wildman–Crippen LogP) is 6.65. The van der Waals surface area contributed by atoms with Crippen LogP contribution >= 0.6 is 23.2 Å². The molecule has 4 N–H and O–H groups in total. The number of hydrogen-bond acceptors (Lipinski definition) is 6. The van der Waals surface area contributed by atoms with Gasteiger partial charge in [-0.1, -0.05) is 42.3 Å². The Morgan fingerprint density at radius 3 is 2.24 bits per heavy atom. The number of nitrogens with zero attached hydrogens (tertiary/aromatic N) is 4. The lowest BCUT2D eigenvalue weighted by atomic mass is 10.0. The standard InChI is InChI=1S/C40H42Cl2F2N8O3/c1-2-14-46-38(53)34(20-25-12-15-45-16-13-25)48-39(54)35(21-26-8-11-32(43)33(44)19-26)49-40(55)47-27-9-10-28-36(24-51-17-3-4-18-51)50-52(37(28)22-27)23-29-30(41)6-5-7-31(29)42/h5-13,15-16,19,22,34-35H,2-4,14,17-18,20-21,23-24H2,1H3,(H,46,53)(H,48,54)(H2,47,49,55)/t34-,35-/m0/s1. The number of hydrogen-bond donors (Lipinski definition) is 4. The first-order chi connectivity index (χ1) is 26.6. The van der Waals surface area contributed by atoms with Crippen LogP contribution in [0.2, 0.25) is 10.0 Å². The van der Waals surface area contributed by atoms with Gasteiger partial charge >= 0.3 is 6.03 Å². The quantitative estimate of drug-likeness (QED) is 0.0940. The SMILES string of the molecule is CCCNC(=O)[C@H](Cc1ccncc1)NC(=O)[C@H](Cc1ccc(F)c(F)c1)NC(=O)Nc1ccc2c(CN3CCCC3)nn(Cc3c(Cl)cccc3Cl)c2c1. The van der Waals surface area contributed by atoms with Gasteiger partial charge in [0, 0.05) is 65.0 Å². The van der Waals surface area contributed by atoms with Crippen molar-refractivity contribution in [3.8, 4) is 0 Å². The fourth-order valence-corrected chi connectivity index (χ4v) is 7.10. The molecule has 0 spiro atoms. The molecule has 4 amide bonds. The highest BCUT2D eigenvalue weighted by Gasteiger charge is 2.28. The minimum atomic E-state index is -1.28. The second kappa shape index (κ2) is 18.5. The maximum Gasteiger partial charge on any atom is 0.319 e. The molecule has 288 valence electrons. The average Bonchev–Trinajstić information content (AvgIpc) is 3.81. The number of carbonyl (C=O) groups is 3. The van der Waals surface area contributed by atoms with Crippen LogP contribution in [-0.4, -0.2) is 69.2 Å². The third kappa shape index (κ3) is 10.4. The van der Waals surface area contributed by atoms with Crippen molar-refractivity contribution in [3.63, 3.8) is 0 Å². The molecule has 3 heterocycles. The van der Waals surface area contributed by atoms with E-state index in [0.717, 1.165) is 60.2 Å². The molecule has 5 aromatic rings. The molecule has 1 aliphatic rings. The van der Waals surface area contributed by atoms with Crippen LogP contribution in [-0.2, 0) is 35.5 Å². The summed E-state index contributed by atoms with van der Waals surface area (Å²) in [6.07, 6.45) is 6.07. The summed E-state index contributed by atoms with van der Waals surface area (Å²) < 4.78 is 29.9. The average molecular weight is 792 g/mol. The molecule has 15 heteroatoms. The number of halogens is 4. The summed E-state index contributed by atoms with van der Waals surface area (Å²) in [6, 6.07) is 14.4. The number of fused-ring (bicyclic) bond motifs is 1. The molecule has 1 aliphatic heterocycles. The van der Waals surface area contributed by atoms with E-state index in [9.17, 15) is 23.2 Å². The molecule has 2 aromatic heterocycles. The number of carbonyl (C=O) groups excluding carboxylic acids is 3. The Kier molecular flexibility index (Phi) is 13.3. The smallest absolute Gasteiger partial charge is 0.319 e. The number of rotatable bonds is 15.